The topological polar surface area (TPSA) is 46.3 Å². The number of benzene rings is 2. The molecule has 0 unspecified atom stereocenters. The minimum atomic E-state index is -0.382. The molecule has 0 atom stereocenters. The van der Waals surface area contributed by atoms with Crippen molar-refractivity contribution in [2.24, 2.45) is 5.73 Å². The third-order valence-electron chi connectivity index (χ3n) is 2.89. The van der Waals surface area contributed by atoms with Crippen molar-refractivity contribution in [2.75, 3.05) is 11.9 Å². The van der Waals surface area contributed by atoms with Crippen LogP contribution in [0, 0.1) is 0 Å². The first-order valence-corrected chi connectivity index (χ1v) is 5.82. The van der Waals surface area contributed by atoms with Crippen LogP contribution < -0.4 is 10.6 Å². The summed E-state index contributed by atoms with van der Waals surface area (Å²) in [4.78, 5) is 13.4. The summed E-state index contributed by atoms with van der Waals surface area (Å²) in [5.74, 6) is -0.382. The predicted octanol–water partition coefficient (Wildman–Crippen LogP) is 2.42. The molecule has 0 aliphatic heterocycles. The predicted molar refractivity (Wildman–Crippen MR) is 73.5 cm³/mol. The Hall–Kier alpha value is -2.29. The Kier molecular flexibility index (Phi) is 3.63. The van der Waals surface area contributed by atoms with Gasteiger partial charge in [-0.15, -0.1) is 0 Å². The van der Waals surface area contributed by atoms with Crippen LogP contribution in [-0.4, -0.2) is 13.0 Å². The third-order valence-corrected chi connectivity index (χ3v) is 2.89. The van der Waals surface area contributed by atoms with Crippen LogP contribution in [0.25, 0.3) is 0 Å². The summed E-state index contributed by atoms with van der Waals surface area (Å²) < 4.78 is 0. The zero-order valence-corrected chi connectivity index (χ0v) is 10.3. The van der Waals surface area contributed by atoms with E-state index in [4.69, 9.17) is 5.73 Å². The molecule has 2 aromatic carbocycles. The van der Waals surface area contributed by atoms with Gasteiger partial charge in [-0.05, 0) is 23.8 Å². The molecule has 0 saturated heterocycles. The molecule has 0 fully saturated rings. The number of rotatable bonds is 4. The summed E-state index contributed by atoms with van der Waals surface area (Å²) in [6, 6.07) is 17.5. The van der Waals surface area contributed by atoms with Crippen molar-refractivity contribution in [3.8, 4) is 0 Å². The van der Waals surface area contributed by atoms with Gasteiger partial charge in [0, 0.05) is 24.8 Å². The molecule has 18 heavy (non-hydrogen) atoms. The molecule has 0 saturated carbocycles. The van der Waals surface area contributed by atoms with Crippen LogP contribution in [0.5, 0.6) is 0 Å². The lowest BCUT2D eigenvalue weighted by molar-refractivity contribution is 0.0999. The Labute approximate surface area is 107 Å². The van der Waals surface area contributed by atoms with Crippen molar-refractivity contribution in [1.82, 2.24) is 0 Å². The van der Waals surface area contributed by atoms with E-state index >= 15 is 0 Å². The summed E-state index contributed by atoms with van der Waals surface area (Å²) in [6.07, 6.45) is 0. The van der Waals surface area contributed by atoms with Gasteiger partial charge in [0.05, 0.1) is 0 Å². The molecule has 0 radical (unpaired) electrons. The molecule has 0 aromatic heterocycles. The number of hydrogen-bond acceptors (Lipinski definition) is 2. The summed E-state index contributed by atoms with van der Waals surface area (Å²) >= 11 is 0. The van der Waals surface area contributed by atoms with Gasteiger partial charge in [0.15, 0.2) is 0 Å². The average Bonchev–Trinajstić information content (AvgIpc) is 2.40. The number of anilines is 1. The molecule has 92 valence electrons. The standard InChI is InChI=1S/C15H16N2O/c1-17(13-8-3-2-4-9-13)11-12-7-5-6-10-14(12)15(16)18/h2-10H,11H2,1H3,(H2,16,18). The van der Waals surface area contributed by atoms with Crippen molar-refractivity contribution < 1.29 is 4.79 Å². The number of primary amides is 1. The number of nitrogens with zero attached hydrogens (tertiary/aromatic N) is 1. The molecule has 0 aliphatic carbocycles. The van der Waals surface area contributed by atoms with Crippen molar-refractivity contribution >= 4 is 11.6 Å². The zero-order chi connectivity index (χ0) is 13.0. The second kappa shape index (κ2) is 5.36. The average molecular weight is 240 g/mol. The van der Waals surface area contributed by atoms with Gasteiger partial charge in [-0.25, -0.2) is 0 Å². The van der Waals surface area contributed by atoms with Gasteiger partial charge in [0.1, 0.15) is 0 Å². The fourth-order valence-electron chi connectivity index (χ4n) is 1.93. The monoisotopic (exact) mass is 240 g/mol. The first-order valence-electron chi connectivity index (χ1n) is 5.82. The molecule has 3 nitrogen and oxygen atoms in total. The highest BCUT2D eigenvalue weighted by Gasteiger charge is 2.09. The molecular weight excluding hydrogens is 224 g/mol. The highest BCUT2D eigenvalue weighted by atomic mass is 16.1. The van der Waals surface area contributed by atoms with Crippen LogP contribution in [0.2, 0.25) is 0 Å². The van der Waals surface area contributed by atoms with Crippen molar-refractivity contribution in [2.45, 2.75) is 6.54 Å². The highest BCUT2D eigenvalue weighted by molar-refractivity contribution is 5.94. The van der Waals surface area contributed by atoms with Gasteiger partial charge in [0.25, 0.3) is 0 Å². The summed E-state index contributed by atoms with van der Waals surface area (Å²) in [5.41, 5.74) is 8.00. The van der Waals surface area contributed by atoms with Crippen LogP contribution in [0.4, 0.5) is 5.69 Å². The summed E-state index contributed by atoms with van der Waals surface area (Å²) in [5, 5.41) is 0. The third kappa shape index (κ3) is 2.69. The quantitative estimate of drug-likeness (QED) is 0.892. The van der Waals surface area contributed by atoms with E-state index in [1.165, 1.54) is 0 Å². The summed E-state index contributed by atoms with van der Waals surface area (Å²) in [7, 11) is 1.99. The van der Waals surface area contributed by atoms with Crippen LogP contribution >= 0.6 is 0 Å². The molecule has 2 N–H and O–H groups in total. The first-order chi connectivity index (χ1) is 8.68. The van der Waals surface area contributed by atoms with Gasteiger partial charge in [-0.2, -0.15) is 0 Å². The number of nitrogens with two attached hydrogens (primary N) is 1. The lowest BCUT2D eigenvalue weighted by atomic mass is 10.1. The normalized spacial score (nSPS) is 10.1. The largest absolute Gasteiger partial charge is 0.370 e. The van der Waals surface area contributed by atoms with E-state index in [-0.39, 0.29) is 5.91 Å². The van der Waals surface area contributed by atoms with Gasteiger partial charge in [-0.1, -0.05) is 36.4 Å². The number of carbonyl (C=O) groups excluding carboxylic acids is 1. The molecule has 2 aromatic rings. The van der Waals surface area contributed by atoms with E-state index in [1.54, 1.807) is 6.07 Å². The minimum Gasteiger partial charge on any atom is -0.370 e. The van der Waals surface area contributed by atoms with Gasteiger partial charge >= 0.3 is 0 Å². The Morgan fingerprint density at radius 1 is 1.06 bits per heavy atom. The number of amides is 1. The molecule has 0 spiro atoms. The van der Waals surface area contributed by atoms with Gasteiger partial charge in [0.2, 0.25) is 5.91 Å². The fourth-order valence-corrected chi connectivity index (χ4v) is 1.93. The van der Waals surface area contributed by atoms with Crippen LogP contribution in [0.15, 0.2) is 54.6 Å². The molecule has 0 aliphatic rings. The van der Waals surface area contributed by atoms with E-state index in [0.717, 1.165) is 11.3 Å². The SMILES string of the molecule is CN(Cc1ccccc1C(N)=O)c1ccccc1. The van der Waals surface area contributed by atoms with E-state index in [2.05, 4.69) is 4.90 Å². The molecule has 1 amide bonds. The van der Waals surface area contributed by atoms with Gasteiger partial charge < -0.3 is 10.6 Å². The van der Waals surface area contributed by atoms with Crippen LogP contribution in [0.3, 0.4) is 0 Å². The maximum Gasteiger partial charge on any atom is 0.249 e. The maximum absolute atomic E-state index is 11.3. The molecular formula is C15H16N2O. The van der Waals surface area contributed by atoms with E-state index in [1.807, 2.05) is 55.6 Å². The minimum absolute atomic E-state index is 0.382. The van der Waals surface area contributed by atoms with Crippen LogP contribution in [-0.2, 0) is 6.54 Å². The van der Waals surface area contributed by atoms with E-state index < -0.39 is 0 Å². The van der Waals surface area contributed by atoms with E-state index in [9.17, 15) is 4.79 Å². The summed E-state index contributed by atoms with van der Waals surface area (Å²) in [6.45, 7) is 0.656. The number of carbonyl (C=O) groups is 1. The Balaban J connectivity index is 2.22. The molecule has 3 heteroatoms. The van der Waals surface area contributed by atoms with Crippen LogP contribution in [0.1, 0.15) is 15.9 Å². The number of hydrogen-bond donors (Lipinski definition) is 1. The lowest BCUT2D eigenvalue weighted by Gasteiger charge is -2.20. The second-order valence-electron chi connectivity index (χ2n) is 4.21. The second-order valence-corrected chi connectivity index (χ2v) is 4.21. The lowest BCUT2D eigenvalue weighted by Crippen LogP contribution is -2.20. The molecule has 2 rings (SSSR count). The Morgan fingerprint density at radius 2 is 1.67 bits per heavy atom. The Bertz CT molecular complexity index is 537. The maximum atomic E-state index is 11.3. The molecule has 0 bridgehead atoms. The fraction of sp³-hybridized carbons (Fsp3) is 0.133. The highest BCUT2D eigenvalue weighted by Crippen LogP contribution is 2.16. The van der Waals surface area contributed by atoms with Crippen molar-refractivity contribution in [3.05, 3.63) is 65.7 Å². The Morgan fingerprint density at radius 3 is 2.33 bits per heavy atom. The zero-order valence-electron chi connectivity index (χ0n) is 10.3. The number of para-hydroxylation sites is 1. The molecule has 0 heterocycles. The van der Waals surface area contributed by atoms with E-state index in [0.29, 0.717) is 12.1 Å². The van der Waals surface area contributed by atoms with Crippen molar-refractivity contribution in [3.63, 3.8) is 0 Å². The van der Waals surface area contributed by atoms with Gasteiger partial charge in [-0.3, -0.25) is 4.79 Å². The first kappa shape index (κ1) is 12.2. The smallest absolute Gasteiger partial charge is 0.249 e. The van der Waals surface area contributed by atoms with Crippen molar-refractivity contribution in [1.29, 1.82) is 0 Å².